The lowest BCUT2D eigenvalue weighted by molar-refractivity contribution is 0.200. The van der Waals surface area contributed by atoms with Crippen molar-refractivity contribution in [3.63, 3.8) is 0 Å². The Morgan fingerprint density at radius 1 is 1.50 bits per heavy atom. The number of nitrogens with two attached hydrogens (primary N) is 1. The van der Waals surface area contributed by atoms with Crippen LogP contribution in [-0.2, 0) is 4.74 Å². The van der Waals surface area contributed by atoms with Gasteiger partial charge in [-0.05, 0) is 29.9 Å². The SMILES string of the molecule is COCCCSC(CN)c1cccc(Br)c1. The van der Waals surface area contributed by atoms with Gasteiger partial charge in [-0.3, -0.25) is 0 Å². The number of rotatable bonds is 7. The molecule has 0 amide bonds. The molecule has 0 aliphatic carbocycles. The lowest BCUT2D eigenvalue weighted by Crippen LogP contribution is -2.10. The van der Waals surface area contributed by atoms with E-state index < -0.39 is 0 Å². The highest BCUT2D eigenvalue weighted by molar-refractivity contribution is 9.10. The van der Waals surface area contributed by atoms with Crippen molar-refractivity contribution in [2.24, 2.45) is 5.73 Å². The van der Waals surface area contributed by atoms with Crippen molar-refractivity contribution in [1.29, 1.82) is 0 Å². The van der Waals surface area contributed by atoms with Crippen LogP contribution in [0.5, 0.6) is 0 Å². The molecule has 1 unspecified atom stereocenters. The van der Waals surface area contributed by atoms with E-state index >= 15 is 0 Å². The predicted octanol–water partition coefficient (Wildman–Crippen LogP) is 3.22. The Morgan fingerprint density at radius 2 is 2.31 bits per heavy atom. The van der Waals surface area contributed by atoms with Crippen molar-refractivity contribution in [1.82, 2.24) is 0 Å². The summed E-state index contributed by atoms with van der Waals surface area (Å²) in [4.78, 5) is 0. The zero-order valence-electron chi connectivity index (χ0n) is 9.49. The van der Waals surface area contributed by atoms with Gasteiger partial charge in [0.05, 0.1) is 0 Å². The summed E-state index contributed by atoms with van der Waals surface area (Å²) in [6.45, 7) is 1.50. The molecule has 0 aromatic heterocycles. The Balaban J connectivity index is 2.47. The van der Waals surface area contributed by atoms with Crippen LogP contribution in [0, 0.1) is 0 Å². The third-order valence-electron chi connectivity index (χ3n) is 2.25. The molecular formula is C12H18BrNOS. The van der Waals surface area contributed by atoms with E-state index in [2.05, 4.69) is 34.1 Å². The number of ether oxygens (including phenoxy) is 1. The Kier molecular flexibility index (Phi) is 7.12. The van der Waals surface area contributed by atoms with Gasteiger partial charge in [-0.1, -0.05) is 28.1 Å². The summed E-state index contributed by atoms with van der Waals surface area (Å²) < 4.78 is 6.14. The topological polar surface area (TPSA) is 35.2 Å². The van der Waals surface area contributed by atoms with Gasteiger partial charge in [-0.2, -0.15) is 11.8 Å². The van der Waals surface area contributed by atoms with Crippen molar-refractivity contribution < 1.29 is 4.74 Å². The van der Waals surface area contributed by atoms with Crippen molar-refractivity contribution in [3.8, 4) is 0 Å². The molecule has 1 aromatic rings. The standard InChI is InChI=1S/C12H18BrNOS/c1-15-6-3-7-16-12(9-14)10-4-2-5-11(13)8-10/h2,4-5,8,12H,3,6-7,9,14H2,1H3. The number of halogens is 1. The van der Waals surface area contributed by atoms with Crippen molar-refractivity contribution in [3.05, 3.63) is 34.3 Å². The second-order valence-corrected chi connectivity index (χ2v) is 5.72. The molecule has 1 rings (SSSR count). The molecule has 0 saturated carbocycles. The summed E-state index contributed by atoms with van der Waals surface area (Å²) in [5.74, 6) is 1.09. The van der Waals surface area contributed by atoms with Crippen LogP contribution in [0.1, 0.15) is 17.2 Å². The lowest BCUT2D eigenvalue weighted by Gasteiger charge is -2.15. The maximum atomic E-state index is 5.80. The summed E-state index contributed by atoms with van der Waals surface area (Å²) >= 11 is 5.38. The van der Waals surface area contributed by atoms with Gasteiger partial charge in [0.25, 0.3) is 0 Å². The fourth-order valence-corrected chi connectivity index (χ4v) is 2.90. The van der Waals surface area contributed by atoms with Crippen LogP contribution < -0.4 is 5.73 Å². The first-order valence-corrected chi connectivity index (χ1v) is 7.18. The van der Waals surface area contributed by atoms with E-state index in [0.29, 0.717) is 11.8 Å². The molecular weight excluding hydrogens is 286 g/mol. The van der Waals surface area contributed by atoms with E-state index in [1.54, 1.807) is 7.11 Å². The molecule has 2 N–H and O–H groups in total. The van der Waals surface area contributed by atoms with E-state index in [1.165, 1.54) is 5.56 Å². The first-order valence-electron chi connectivity index (χ1n) is 5.34. The maximum absolute atomic E-state index is 5.80. The molecule has 16 heavy (non-hydrogen) atoms. The monoisotopic (exact) mass is 303 g/mol. The van der Waals surface area contributed by atoms with Crippen LogP contribution in [0.25, 0.3) is 0 Å². The molecule has 0 radical (unpaired) electrons. The zero-order chi connectivity index (χ0) is 11.8. The number of methoxy groups -OCH3 is 1. The molecule has 0 heterocycles. The zero-order valence-corrected chi connectivity index (χ0v) is 11.9. The van der Waals surface area contributed by atoms with Crippen LogP contribution in [0.15, 0.2) is 28.7 Å². The van der Waals surface area contributed by atoms with Crippen LogP contribution in [0.2, 0.25) is 0 Å². The van der Waals surface area contributed by atoms with Gasteiger partial charge in [0.1, 0.15) is 0 Å². The predicted molar refractivity (Wildman–Crippen MR) is 74.9 cm³/mol. The molecule has 0 saturated heterocycles. The van der Waals surface area contributed by atoms with Gasteiger partial charge >= 0.3 is 0 Å². The quantitative estimate of drug-likeness (QED) is 0.786. The highest BCUT2D eigenvalue weighted by Gasteiger charge is 2.09. The molecule has 90 valence electrons. The largest absolute Gasteiger partial charge is 0.385 e. The van der Waals surface area contributed by atoms with Gasteiger partial charge in [0, 0.05) is 30.0 Å². The minimum absolute atomic E-state index is 0.384. The Morgan fingerprint density at radius 3 is 2.94 bits per heavy atom. The Labute approximate surface area is 110 Å². The van der Waals surface area contributed by atoms with Gasteiger partial charge in [0.15, 0.2) is 0 Å². The first kappa shape index (κ1) is 14.0. The molecule has 0 fully saturated rings. The molecule has 0 spiro atoms. The molecule has 1 atom stereocenters. The number of thioether (sulfide) groups is 1. The fourth-order valence-electron chi connectivity index (χ4n) is 1.44. The summed E-state index contributed by atoms with van der Waals surface area (Å²) in [5, 5.41) is 0.384. The van der Waals surface area contributed by atoms with Crippen LogP contribution in [0.3, 0.4) is 0 Å². The normalized spacial score (nSPS) is 12.7. The van der Waals surface area contributed by atoms with E-state index in [-0.39, 0.29) is 0 Å². The van der Waals surface area contributed by atoms with Crippen molar-refractivity contribution in [2.45, 2.75) is 11.7 Å². The maximum Gasteiger partial charge on any atom is 0.0470 e. The average Bonchev–Trinajstić information content (AvgIpc) is 2.29. The van der Waals surface area contributed by atoms with E-state index in [0.717, 1.165) is 23.3 Å². The Bertz CT molecular complexity index is 309. The summed E-state index contributed by atoms with van der Waals surface area (Å²) in [5.41, 5.74) is 7.09. The molecule has 4 heteroatoms. The molecule has 1 aromatic carbocycles. The number of hydrogen-bond acceptors (Lipinski definition) is 3. The first-order chi connectivity index (χ1) is 7.77. The summed E-state index contributed by atoms with van der Waals surface area (Å²) in [6, 6.07) is 8.36. The van der Waals surface area contributed by atoms with Crippen LogP contribution in [0.4, 0.5) is 0 Å². The van der Waals surface area contributed by atoms with E-state index in [1.807, 2.05) is 17.8 Å². The van der Waals surface area contributed by atoms with Gasteiger partial charge < -0.3 is 10.5 Å². The summed E-state index contributed by atoms with van der Waals surface area (Å²) in [6.07, 6.45) is 1.08. The molecule has 2 nitrogen and oxygen atoms in total. The van der Waals surface area contributed by atoms with Crippen LogP contribution in [-0.4, -0.2) is 26.0 Å². The minimum atomic E-state index is 0.384. The van der Waals surface area contributed by atoms with Crippen molar-refractivity contribution in [2.75, 3.05) is 26.0 Å². The molecule has 0 bridgehead atoms. The number of hydrogen-bond donors (Lipinski definition) is 1. The third kappa shape index (κ3) is 4.87. The summed E-state index contributed by atoms with van der Waals surface area (Å²) in [7, 11) is 1.74. The van der Waals surface area contributed by atoms with Crippen molar-refractivity contribution >= 4 is 27.7 Å². The Hall–Kier alpha value is -0.0300. The highest BCUT2D eigenvalue weighted by atomic mass is 79.9. The smallest absolute Gasteiger partial charge is 0.0470 e. The number of benzene rings is 1. The highest BCUT2D eigenvalue weighted by Crippen LogP contribution is 2.29. The van der Waals surface area contributed by atoms with Gasteiger partial charge in [-0.25, -0.2) is 0 Å². The molecule has 0 aliphatic heterocycles. The minimum Gasteiger partial charge on any atom is -0.385 e. The second kappa shape index (κ2) is 8.12. The fraction of sp³-hybridized carbons (Fsp3) is 0.500. The third-order valence-corrected chi connectivity index (χ3v) is 4.13. The van der Waals surface area contributed by atoms with Gasteiger partial charge in [0.2, 0.25) is 0 Å². The second-order valence-electron chi connectivity index (χ2n) is 3.50. The average molecular weight is 304 g/mol. The lowest BCUT2D eigenvalue weighted by atomic mass is 10.1. The van der Waals surface area contributed by atoms with E-state index in [4.69, 9.17) is 10.5 Å². The van der Waals surface area contributed by atoms with Gasteiger partial charge in [-0.15, -0.1) is 0 Å². The molecule has 0 aliphatic rings. The van der Waals surface area contributed by atoms with E-state index in [9.17, 15) is 0 Å². The van der Waals surface area contributed by atoms with Crippen LogP contribution >= 0.6 is 27.7 Å².